The molecule has 5 N–H and O–H groups in total. The molecule has 0 spiro atoms. The number of hydrogen-bond donors (Lipinski definition) is 5. The summed E-state index contributed by atoms with van der Waals surface area (Å²) in [5.41, 5.74) is 8.83. The van der Waals surface area contributed by atoms with E-state index in [1.54, 1.807) is 0 Å². The van der Waals surface area contributed by atoms with Crippen molar-refractivity contribution in [1.82, 2.24) is 5.32 Å². The molecule has 1 unspecified atom stereocenters. The van der Waals surface area contributed by atoms with Gasteiger partial charge in [-0.2, -0.15) is 0 Å². The molecule has 2 rings (SSSR count). The molecule has 10 heteroatoms. The van der Waals surface area contributed by atoms with Crippen molar-refractivity contribution in [3.63, 3.8) is 0 Å². The molecule has 0 saturated carbocycles. The highest BCUT2D eigenvalue weighted by Crippen LogP contribution is 2.20. The van der Waals surface area contributed by atoms with Gasteiger partial charge in [0.25, 0.3) is 5.91 Å². The first-order valence-corrected chi connectivity index (χ1v) is 6.74. The fourth-order valence-electron chi connectivity index (χ4n) is 2.22. The second-order valence-corrected chi connectivity index (χ2v) is 4.96. The molecule has 1 fully saturated rings. The van der Waals surface area contributed by atoms with E-state index >= 15 is 0 Å². The second kappa shape index (κ2) is 7.38. The van der Waals surface area contributed by atoms with Crippen molar-refractivity contribution in [3.05, 3.63) is 40.3 Å². The van der Waals surface area contributed by atoms with Gasteiger partial charge in [0.1, 0.15) is 24.4 Å². The minimum absolute atomic E-state index is 0.195. The largest absolute Gasteiger partial charge is 0.394 e. The maximum absolute atomic E-state index is 12.1. The molecule has 1 amide bonds. The van der Waals surface area contributed by atoms with Crippen LogP contribution in [-0.4, -0.2) is 63.6 Å². The van der Waals surface area contributed by atoms with Crippen LogP contribution in [0, 0.1) is 0 Å². The number of amides is 1. The molecule has 1 aliphatic heterocycles. The standard InChI is InChI=1S/C13H16N4O6/c14-17-16-7-3-1-6(2-4-7)12(21)15-9-11(20)10(19)8(5-18)23-13(9)22/h1-4,8-11,13,18-20,22H,5H2,(H,15,21)/t8-,9-,10+,11-,13?/m1/s1. The Morgan fingerprint density at radius 2 is 1.91 bits per heavy atom. The van der Waals surface area contributed by atoms with Gasteiger partial charge in [-0.05, 0) is 17.7 Å². The third kappa shape index (κ3) is 3.77. The Kier molecular flexibility index (Phi) is 5.50. The van der Waals surface area contributed by atoms with Crippen LogP contribution in [0.2, 0.25) is 0 Å². The average molecular weight is 324 g/mol. The number of ether oxygens (including phenoxy) is 1. The van der Waals surface area contributed by atoms with Crippen molar-refractivity contribution >= 4 is 11.6 Å². The molecule has 10 nitrogen and oxygen atoms in total. The predicted octanol–water partition coefficient (Wildman–Crippen LogP) is -0.842. The number of rotatable bonds is 4. The number of carbonyl (C=O) groups excluding carboxylic acids is 1. The van der Waals surface area contributed by atoms with Crippen LogP contribution in [0.25, 0.3) is 10.4 Å². The molecule has 0 aromatic heterocycles. The Hall–Kier alpha value is -2.20. The van der Waals surface area contributed by atoms with E-state index in [2.05, 4.69) is 15.3 Å². The van der Waals surface area contributed by atoms with Crippen LogP contribution in [0.15, 0.2) is 29.4 Å². The summed E-state index contributed by atoms with van der Waals surface area (Å²) < 4.78 is 4.94. The highest BCUT2D eigenvalue weighted by molar-refractivity contribution is 5.94. The molecule has 0 radical (unpaired) electrons. The fourth-order valence-corrected chi connectivity index (χ4v) is 2.22. The third-order valence-corrected chi connectivity index (χ3v) is 3.49. The van der Waals surface area contributed by atoms with Gasteiger partial charge in [-0.25, -0.2) is 0 Å². The molecule has 0 bridgehead atoms. The lowest BCUT2D eigenvalue weighted by molar-refractivity contribution is -0.252. The second-order valence-electron chi connectivity index (χ2n) is 4.96. The van der Waals surface area contributed by atoms with Gasteiger partial charge in [-0.1, -0.05) is 17.2 Å². The van der Waals surface area contributed by atoms with Crippen LogP contribution in [0.5, 0.6) is 0 Å². The van der Waals surface area contributed by atoms with E-state index in [4.69, 9.17) is 15.4 Å². The highest BCUT2D eigenvalue weighted by atomic mass is 16.6. The maximum atomic E-state index is 12.1. The number of benzene rings is 1. The molecule has 124 valence electrons. The first kappa shape index (κ1) is 17.2. The summed E-state index contributed by atoms with van der Waals surface area (Å²) >= 11 is 0. The number of azide groups is 1. The van der Waals surface area contributed by atoms with Gasteiger partial charge < -0.3 is 30.5 Å². The molecule has 1 aromatic carbocycles. The maximum Gasteiger partial charge on any atom is 0.251 e. The topological polar surface area (TPSA) is 168 Å². The minimum Gasteiger partial charge on any atom is -0.394 e. The lowest BCUT2D eigenvalue weighted by Crippen LogP contribution is -2.64. The minimum atomic E-state index is -1.59. The lowest BCUT2D eigenvalue weighted by Gasteiger charge is -2.40. The van der Waals surface area contributed by atoms with E-state index in [9.17, 15) is 20.1 Å². The quantitative estimate of drug-likeness (QED) is 0.275. The smallest absolute Gasteiger partial charge is 0.251 e. The zero-order valence-electron chi connectivity index (χ0n) is 11.9. The summed E-state index contributed by atoms with van der Waals surface area (Å²) in [6.45, 7) is -0.586. The van der Waals surface area contributed by atoms with E-state index in [1.807, 2.05) is 0 Å². The fraction of sp³-hybridized carbons (Fsp3) is 0.462. The molecule has 5 atom stereocenters. The van der Waals surface area contributed by atoms with Gasteiger partial charge >= 0.3 is 0 Å². The molecule has 1 heterocycles. The van der Waals surface area contributed by atoms with Crippen LogP contribution >= 0.6 is 0 Å². The Balaban J connectivity index is 2.08. The molecular weight excluding hydrogens is 308 g/mol. The average Bonchev–Trinajstić information content (AvgIpc) is 2.55. The Morgan fingerprint density at radius 3 is 2.48 bits per heavy atom. The van der Waals surface area contributed by atoms with E-state index < -0.39 is 43.2 Å². The monoisotopic (exact) mass is 324 g/mol. The number of nitrogens with one attached hydrogen (secondary N) is 1. The zero-order valence-corrected chi connectivity index (χ0v) is 11.9. The van der Waals surface area contributed by atoms with E-state index in [1.165, 1.54) is 24.3 Å². The molecular formula is C13H16N4O6. The van der Waals surface area contributed by atoms with Gasteiger partial charge in [0.2, 0.25) is 0 Å². The number of nitrogens with zero attached hydrogens (tertiary/aromatic N) is 3. The summed E-state index contributed by atoms with van der Waals surface area (Å²) in [5, 5.41) is 44.2. The van der Waals surface area contributed by atoms with Crippen molar-refractivity contribution in [3.8, 4) is 0 Å². The van der Waals surface area contributed by atoms with Crippen LogP contribution < -0.4 is 5.32 Å². The predicted molar refractivity (Wildman–Crippen MR) is 76.5 cm³/mol. The molecule has 0 aliphatic carbocycles. The van der Waals surface area contributed by atoms with Gasteiger partial charge in [-0.15, -0.1) is 0 Å². The summed E-state index contributed by atoms with van der Waals surface area (Å²) in [6.07, 6.45) is -5.70. The summed E-state index contributed by atoms with van der Waals surface area (Å²) in [4.78, 5) is 14.7. The Bertz CT molecular complexity index is 603. The molecule has 1 aromatic rings. The number of aliphatic hydroxyl groups excluding tert-OH is 4. The third-order valence-electron chi connectivity index (χ3n) is 3.49. The summed E-state index contributed by atoms with van der Waals surface area (Å²) in [6, 6.07) is 4.38. The molecule has 1 aliphatic rings. The SMILES string of the molecule is [N-]=[N+]=Nc1ccc(C(=O)N[C@H]2C(O)O[C@H](CO)[C@H](O)[C@@H]2O)cc1. The zero-order chi connectivity index (χ0) is 17.0. The lowest BCUT2D eigenvalue weighted by atomic mass is 9.97. The first-order valence-electron chi connectivity index (χ1n) is 6.74. The number of aliphatic hydroxyl groups is 4. The normalized spacial score (nSPS) is 30.3. The molecule has 23 heavy (non-hydrogen) atoms. The van der Waals surface area contributed by atoms with Gasteiger partial charge in [0, 0.05) is 16.2 Å². The summed E-state index contributed by atoms with van der Waals surface area (Å²) in [5.74, 6) is -0.626. The van der Waals surface area contributed by atoms with Crippen molar-refractivity contribution in [2.75, 3.05) is 6.61 Å². The number of carbonyl (C=O) groups is 1. The van der Waals surface area contributed by atoms with Crippen molar-refractivity contribution < 1.29 is 30.0 Å². The van der Waals surface area contributed by atoms with Crippen LogP contribution in [0.1, 0.15) is 10.4 Å². The van der Waals surface area contributed by atoms with Crippen molar-refractivity contribution in [2.24, 2.45) is 5.11 Å². The van der Waals surface area contributed by atoms with Gasteiger partial charge in [0.15, 0.2) is 6.29 Å². The van der Waals surface area contributed by atoms with Crippen LogP contribution in [0.4, 0.5) is 5.69 Å². The Morgan fingerprint density at radius 1 is 1.26 bits per heavy atom. The van der Waals surface area contributed by atoms with E-state index in [0.29, 0.717) is 5.69 Å². The van der Waals surface area contributed by atoms with Crippen LogP contribution in [-0.2, 0) is 4.74 Å². The van der Waals surface area contributed by atoms with E-state index in [-0.39, 0.29) is 5.56 Å². The van der Waals surface area contributed by atoms with Crippen molar-refractivity contribution in [1.29, 1.82) is 0 Å². The first-order chi connectivity index (χ1) is 11.0. The highest BCUT2D eigenvalue weighted by Gasteiger charge is 2.44. The van der Waals surface area contributed by atoms with Crippen LogP contribution in [0.3, 0.4) is 0 Å². The van der Waals surface area contributed by atoms with Crippen molar-refractivity contribution in [2.45, 2.75) is 30.6 Å². The number of hydrogen-bond acceptors (Lipinski definition) is 7. The van der Waals surface area contributed by atoms with Gasteiger partial charge in [0.05, 0.1) is 6.61 Å². The molecule has 1 saturated heterocycles. The van der Waals surface area contributed by atoms with Gasteiger partial charge in [-0.3, -0.25) is 4.79 Å². The van der Waals surface area contributed by atoms with E-state index in [0.717, 1.165) is 0 Å². The summed E-state index contributed by atoms with van der Waals surface area (Å²) in [7, 11) is 0. The Labute approximate surface area is 130 Å².